The maximum Gasteiger partial charge on any atom is 0.266 e. The lowest BCUT2D eigenvalue weighted by Gasteiger charge is -2.18. The van der Waals surface area contributed by atoms with Crippen molar-refractivity contribution in [3.63, 3.8) is 0 Å². The van der Waals surface area contributed by atoms with Gasteiger partial charge < -0.3 is 24.7 Å². The molecule has 26 heavy (non-hydrogen) atoms. The van der Waals surface area contributed by atoms with E-state index in [1.54, 1.807) is 18.2 Å². The second-order valence-electron chi connectivity index (χ2n) is 5.39. The summed E-state index contributed by atoms with van der Waals surface area (Å²) in [6.07, 6.45) is 1.43. The molecule has 2 aromatic carbocycles. The second-order valence-corrected chi connectivity index (χ2v) is 5.39. The molecule has 1 amide bonds. The van der Waals surface area contributed by atoms with Crippen molar-refractivity contribution in [3.8, 4) is 17.6 Å². The van der Waals surface area contributed by atoms with Crippen LogP contribution in [0.5, 0.6) is 11.5 Å². The minimum Gasteiger partial charge on any atom is -0.545 e. The molecular formula is C19H13N2O5-. The SMILES string of the molecule is N#C/C(=C\c1ccc2c(c1)OCCO2)C(=O)Nc1ccc(C(=O)[O-])cc1. The quantitative estimate of drug-likeness (QED) is 0.659. The molecule has 2 aromatic rings. The van der Waals surface area contributed by atoms with Crippen molar-refractivity contribution in [2.24, 2.45) is 0 Å². The van der Waals surface area contributed by atoms with Gasteiger partial charge in [0.15, 0.2) is 11.5 Å². The van der Waals surface area contributed by atoms with Gasteiger partial charge in [-0.05, 0) is 41.5 Å². The second kappa shape index (κ2) is 7.40. The lowest BCUT2D eigenvalue weighted by Crippen LogP contribution is -2.22. The van der Waals surface area contributed by atoms with Crippen LogP contribution in [0, 0.1) is 11.3 Å². The summed E-state index contributed by atoms with van der Waals surface area (Å²) in [7, 11) is 0. The molecule has 0 bridgehead atoms. The fraction of sp³-hybridized carbons (Fsp3) is 0.105. The van der Waals surface area contributed by atoms with Crippen molar-refractivity contribution < 1.29 is 24.2 Å². The van der Waals surface area contributed by atoms with E-state index >= 15 is 0 Å². The van der Waals surface area contributed by atoms with Gasteiger partial charge in [0.05, 0.1) is 5.97 Å². The van der Waals surface area contributed by atoms with Gasteiger partial charge in [0.25, 0.3) is 5.91 Å². The van der Waals surface area contributed by atoms with Crippen molar-refractivity contribution in [1.29, 1.82) is 5.26 Å². The van der Waals surface area contributed by atoms with E-state index < -0.39 is 11.9 Å². The first-order valence-electron chi connectivity index (χ1n) is 7.71. The molecular weight excluding hydrogens is 336 g/mol. The number of hydrogen-bond donors (Lipinski definition) is 1. The van der Waals surface area contributed by atoms with Crippen LogP contribution in [0.15, 0.2) is 48.0 Å². The number of carboxylic acid groups (broad SMARTS) is 1. The van der Waals surface area contributed by atoms with Crippen molar-refractivity contribution >= 4 is 23.6 Å². The van der Waals surface area contributed by atoms with E-state index in [2.05, 4.69) is 5.32 Å². The van der Waals surface area contributed by atoms with Crippen molar-refractivity contribution in [2.75, 3.05) is 18.5 Å². The highest BCUT2D eigenvalue weighted by atomic mass is 16.6. The molecule has 0 aliphatic carbocycles. The normalized spacial score (nSPS) is 12.8. The van der Waals surface area contributed by atoms with Crippen LogP contribution in [0.4, 0.5) is 5.69 Å². The number of rotatable bonds is 4. The summed E-state index contributed by atoms with van der Waals surface area (Å²) in [5, 5.41) is 22.5. The van der Waals surface area contributed by atoms with Crippen LogP contribution in [0.25, 0.3) is 6.08 Å². The number of benzene rings is 2. The molecule has 0 aromatic heterocycles. The molecule has 0 fully saturated rings. The number of nitrogens with zero attached hydrogens (tertiary/aromatic N) is 1. The number of carbonyl (C=O) groups excluding carboxylic acids is 2. The number of nitriles is 1. The van der Waals surface area contributed by atoms with Crippen LogP contribution in [0.2, 0.25) is 0 Å². The molecule has 0 unspecified atom stereocenters. The summed E-state index contributed by atoms with van der Waals surface area (Å²) in [6, 6.07) is 12.4. The predicted molar refractivity (Wildman–Crippen MR) is 90.4 cm³/mol. The topological polar surface area (TPSA) is 111 Å². The van der Waals surface area contributed by atoms with Crippen LogP contribution in [0.3, 0.4) is 0 Å². The first-order valence-corrected chi connectivity index (χ1v) is 7.71. The average Bonchev–Trinajstić information content (AvgIpc) is 2.66. The molecule has 1 aliphatic rings. The Morgan fingerprint density at radius 1 is 1.08 bits per heavy atom. The molecule has 0 radical (unpaired) electrons. The summed E-state index contributed by atoms with van der Waals surface area (Å²) < 4.78 is 10.9. The standard InChI is InChI=1S/C19H14N2O5/c20-11-14(9-12-1-6-16-17(10-12)26-8-7-25-16)18(22)21-15-4-2-13(3-5-15)19(23)24/h1-6,9-10H,7-8H2,(H,21,22)(H,23,24)/p-1/b14-9+. The van der Waals surface area contributed by atoms with Gasteiger partial charge in [-0.1, -0.05) is 18.2 Å². The third-order valence-electron chi connectivity index (χ3n) is 3.62. The monoisotopic (exact) mass is 349 g/mol. The Kier molecular flexibility index (Phi) is 4.85. The Balaban J connectivity index is 1.77. The highest BCUT2D eigenvalue weighted by Crippen LogP contribution is 2.31. The van der Waals surface area contributed by atoms with Gasteiger partial charge in [-0.3, -0.25) is 4.79 Å². The number of fused-ring (bicyclic) bond motifs is 1. The van der Waals surface area contributed by atoms with E-state index in [0.717, 1.165) is 0 Å². The van der Waals surface area contributed by atoms with Crippen LogP contribution in [-0.4, -0.2) is 25.1 Å². The zero-order chi connectivity index (χ0) is 18.5. The fourth-order valence-corrected chi connectivity index (χ4v) is 2.35. The molecule has 1 heterocycles. The number of carbonyl (C=O) groups is 2. The van der Waals surface area contributed by atoms with E-state index in [0.29, 0.717) is 36.0 Å². The minimum absolute atomic E-state index is 0.00433. The summed E-state index contributed by atoms with van der Waals surface area (Å²) in [5.41, 5.74) is 0.873. The summed E-state index contributed by atoms with van der Waals surface area (Å²) in [6.45, 7) is 0.915. The number of hydrogen-bond acceptors (Lipinski definition) is 6. The van der Waals surface area contributed by atoms with Gasteiger partial charge in [-0.15, -0.1) is 0 Å². The summed E-state index contributed by atoms with van der Waals surface area (Å²) >= 11 is 0. The highest BCUT2D eigenvalue weighted by Gasteiger charge is 2.13. The van der Waals surface area contributed by atoms with Gasteiger partial charge in [0.1, 0.15) is 24.9 Å². The average molecular weight is 349 g/mol. The van der Waals surface area contributed by atoms with E-state index in [1.807, 2.05) is 6.07 Å². The maximum absolute atomic E-state index is 12.3. The summed E-state index contributed by atoms with van der Waals surface area (Å²) in [4.78, 5) is 23.0. The predicted octanol–water partition coefficient (Wildman–Crippen LogP) is 1.37. The third kappa shape index (κ3) is 3.82. The molecule has 0 saturated carbocycles. The molecule has 0 atom stereocenters. The molecule has 1 N–H and O–H groups in total. The third-order valence-corrected chi connectivity index (χ3v) is 3.62. The largest absolute Gasteiger partial charge is 0.545 e. The highest BCUT2D eigenvalue weighted by molar-refractivity contribution is 6.09. The molecule has 1 aliphatic heterocycles. The molecule has 3 rings (SSSR count). The Morgan fingerprint density at radius 3 is 2.42 bits per heavy atom. The number of aromatic carboxylic acids is 1. The van der Waals surface area contributed by atoms with E-state index in [9.17, 15) is 20.0 Å². The van der Waals surface area contributed by atoms with Crippen molar-refractivity contribution in [3.05, 3.63) is 59.2 Å². The van der Waals surface area contributed by atoms with Crippen molar-refractivity contribution in [1.82, 2.24) is 0 Å². The van der Waals surface area contributed by atoms with Gasteiger partial charge in [-0.25, -0.2) is 0 Å². The lowest BCUT2D eigenvalue weighted by molar-refractivity contribution is -0.255. The van der Waals surface area contributed by atoms with Gasteiger partial charge in [0, 0.05) is 5.69 Å². The fourth-order valence-electron chi connectivity index (χ4n) is 2.35. The first kappa shape index (κ1) is 17.0. The van der Waals surface area contributed by atoms with Crippen LogP contribution >= 0.6 is 0 Å². The Morgan fingerprint density at radius 2 is 1.77 bits per heavy atom. The van der Waals surface area contributed by atoms with E-state index in [1.165, 1.54) is 30.3 Å². The number of carboxylic acids is 1. The van der Waals surface area contributed by atoms with Gasteiger partial charge in [-0.2, -0.15) is 5.26 Å². The Bertz CT molecular complexity index is 926. The van der Waals surface area contributed by atoms with Gasteiger partial charge >= 0.3 is 0 Å². The number of nitrogens with one attached hydrogen (secondary N) is 1. The Labute approximate surface area is 149 Å². The van der Waals surface area contributed by atoms with Gasteiger partial charge in [0.2, 0.25) is 0 Å². The minimum atomic E-state index is -1.31. The number of anilines is 1. The summed E-state index contributed by atoms with van der Waals surface area (Å²) in [5.74, 6) is -0.743. The van der Waals surface area contributed by atoms with Crippen LogP contribution in [0.1, 0.15) is 15.9 Å². The van der Waals surface area contributed by atoms with E-state index in [-0.39, 0.29) is 11.1 Å². The zero-order valence-electron chi connectivity index (χ0n) is 13.5. The molecule has 0 saturated heterocycles. The number of ether oxygens (including phenoxy) is 2. The Hall–Kier alpha value is -3.79. The molecule has 7 nitrogen and oxygen atoms in total. The number of amides is 1. The zero-order valence-corrected chi connectivity index (χ0v) is 13.5. The molecule has 7 heteroatoms. The maximum atomic E-state index is 12.3. The first-order chi connectivity index (χ1) is 12.6. The smallest absolute Gasteiger partial charge is 0.266 e. The lowest BCUT2D eigenvalue weighted by atomic mass is 10.1. The van der Waals surface area contributed by atoms with Crippen molar-refractivity contribution in [2.45, 2.75) is 0 Å². The molecule has 130 valence electrons. The van der Waals surface area contributed by atoms with Crippen LogP contribution in [-0.2, 0) is 4.79 Å². The molecule has 0 spiro atoms. The van der Waals surface area contributed by atoms with Crippen LogP contribution < -0.4 is 19.9 Å². The van der Waals surface area contributed by atoms with E-state index in [4.69, 9.17) is 9.47 Å².